The zero-order valence-corrected chi connectivity index (χ0v) is 8.61. The van der Waals surface area contributed by atoms with Crippen molar-refractivity contribution in [3.8, 4) is 11.3 Å². The Balaban J connectivity index is 2.62. The summed E-state index contributed by atoms with van der Waals surface area (Å²) in [6.45, 7) is 0. The number of halogens is 1. The van der Waals surface area contributed by atoms with Crippen LogP contribution in [0.3, 0.4) is 0 Å². The summed E-state index contributed by atoms with van der Waals surface area (Å²) in [4.78, 5) is 24.3. The van der Waals surface area contributed by atoms with Crippen LogP contribution in [0.2, 0.25) is 0 Å². The van der Waals surface area contributed by atoms with Crippen LogP contribution in [0.1, 0.15) is 10.4 Å². The molecule has 1 aromatic carbocycles. The van der Waals surface area contributed by atoms with Gasteiger partial charge in [-0.25, -0.2) is 9.18 Å². The number of H-pyrrole nitrogens is 1. The van der Waals surface area contributed by atoms with Crippen LogP contribution in [-0.4, -0.2) is 16.1 Å². The lowest BCUT2D eigenvalue weighted by molar-refractivity contribution is 0.0697. The molecule has 0 bridgehead atoms. The average molecular weight is 233 g/mol. The Morgan fingerprint density at radius 3 is 2.65 bits per heavy atom. The molecule has 2 N–H and O–H groups in total. The number of carbonyl (C=O) groups is 1. The fraction of sp³-hybridized carbons (Fsp3) is 0. The van der Waals surface area contributed by atoms with Gasteiger partial charge in [0, 0.05) is 11.6 Å². The fourth-order valence-electron chi connectivity index (χ4n) is 1.47. The Hall–Kier alpha value is -2.43. The number of rotatable bonds is 2. The van der Waals surface area contributed by atoms with Crippen LogP contribution in [0, 0.1) is 5.82 Å². The van der Waals surface area contributed by atoms with Crippen LogP contribution in [0.4, 0.5) is 4.39 Å². The van der Waals surface area contributed by atoms with E-state index < -0.39 is 11.8 Å². The van der Waals surface area contributed by atoms with Crippen molar-refractivity contribution in [1.29, 1.82) is 0 Å². The van der Waals surface area contributed by atoms with Crippen LogP contribution in [0.5, 0.6) is 0 Å². The Bertz CT molecular complexity index is 634. The Morgan fingerprint density at radius 1 is 1.24 bits per heavy atom. The summed E-state index contributed by atoms with van der Waals surface area (Å²) in [5.74, 6) is -1.73. The van der Waals surface area contributed by atoms with Gasteiger partial charge in [0.2, 0.25) is 5.56 Å². The van der Waals surface area contributed by atoms with Gasteiger partial charge in [-0.15, -0.1) is 0 Å². The van der Waals surface area contributed by atoms with Gasteiger partial charge in [-0.2, -0.15) is 0 Å². The molecule has 0 amide bonds. The number of nitrogens with one attached hydrogen (secondary N) is 1. The third kappa shape index (κ3) is 2.23. The normalized spacial score (nSPS) is 10.2. The molecule has 0 spiro atoms. The van der Waals surface area contributed by atoms with Gasteiger partial charge in [-0.05, 0) is 24.3 Å². The lowest BCUT2D eigenvalue weighted by Crippen LogP contribution is -2.05. The number of aromatic amines is 1. The number of aromatic carboxylic acids is 1. The van der Waals surface area contributed by atoms with Crippen LogP contribution >= 0.6 is 0 Å². The molecule has 5 heteroatoms. The zero-order chi connectivity index (χ0) is 12.4. The van der Waals surface area contributed by atoms with Crippen molar-refractivity contribution in [2.75, 3.05) is 0 Å². The first-order valence-corrected chi connectivity index (χ1v) is 4.80. The lowest BCUT2D eigenvalue weighted by Gasteiger charge is -2.04. The predicted octanol–water partition coefficient (Wildman–Crippen LogP) is 1.88. The molecule has 0 saturated heterocycles. The number of hydrogen-bond acceptors (Lipinski definition) is 2. The maximum Gasteiger partial charge on any atom is 0.335 e. The quantitative estimate of drug-likeness (QED) is 0.831. The number of benzene rings is 1. The molecular formula is C12H8FNO3. The van der Waals surface area contributed by atoms with Crippen LogP contribution in [0.25, 0.3) is 11.3 Å². The molecule has 0 aliphatic rings. The first kappa shape index (κ1) is 11.1. The second-order valence-electron chi connectivity index (χ2n) is 3.43. The maximum atomic E-state index is 13.5. The average Bonchev–Trinajstić information content (AvgIpc) is 2.29. The van der Waals surface area contributed by atoms with Gasteiger partial charge in [0.15, 0.2) is 0 Å². The molecule has 2 aromatic rings. The largest absolute Gasteiger partial charge is 0.478 e. The number of aromatic nitrogens is 1. The molecule has 86 valence electrons. The van der Waals surface area contributed by atoms with Crippen molar-refractivity contribution < 1.29 is 14.3 Å². The highest BCUT2D eigenvalue weighted by Gasteiger charge is 2.10. The molecular weight excluding hydrogens is 225 g/mol. The highest BCUT2D eigenvalue weighted by molar-refractivity contribution is 5.89. The number of carboxylic acid groups (broad SMARTS) is 1. The highest BCUT2D eigenvalue weighted by atomic mass is 19.1. The Labute approximate surface area is 95.4 Å². The summed E-state index contributed by atoms with van der Waals surface area (Å²) in [5, 5.41) is 8.81. The molecule has 0 atom stereocenters. The number of pyridine rings is 1. The fourth-order valence-corrected chi connectivity index (χ4v) is 1.47. The SMILES string of the molecule is O=C(O)c1ccc(F)c(-c2cccc(=O)[nH]2)c1. The molecule has 0 aliphatic heterocycles. The lowest BCUT2D eigenvalue weighted by atomic mass is 10.1. The predicted molar refractivity (Wildman–Crippen MR) is 59.4 cm³/mol. The minimum absolute atomic E-state index is 0.0360. The smallest absolute Gasteiger partial charge is 0.335 e. The van der Waals surface area contributed by atoms with Gasteiger partial charge >= 0.3 is 5.97 Å². The van der Waals surface area contributed by atoms with E-state index in [4.69, 9.17) is 5.11 Å². The summed E-state index contributed by atoms with van der Waals surface area (Å²) in [6.07, 6.45) is 0. The van der Waals surface area contributed by atoms with Crippen molar-refractivity contribution in [2.24, 2.45) is 0 Å². The Morgan fingerprint density at radius 2 is 2.00 bits per heavy atom. The van der Waals surface area contributed by atoms with Gasteiger partial charge in [0.05, 0.1) is 11.3 Å². The third-order valence-electron chi connectivity index (χ3n) is 2.27. The van der Waals surface area contributed by atoms with Crippen molar-refractivity contribution >= 4 is 5.97 Å². The molecule has 0 fully saturated rings. The van der Waals surface area contributed by atoms with Gasteiger partial charge in [0.25, 0.3) is 0 Å². The highest BCUT2D eigenvalue weighted by Crippen LogP contribution is 2.21. The number of hydrogen-bond donors (Lipinski definition) is 2. The summed E-state index contributed by atoms with van der Waals surface area (Å²) in [6, 6.07) is 7.68. The van der Waals surface area contributed by atoms with Crippen molar-refractivity contribution in [3.05, 3.63) is 58.1 Å². The van der Waals surface area contributed by atoms with E-state index >= 15 is 0 Å². The minimum Gasteiger partial charge on any atom is -0.478 e. The monoisotopic (exact) mass is 233 g/mol. The van der Waals surface area contributed by atoms with Gasteiger partial charge < -0.3 is 10.1 Å². The summed E-state index contributed by atoms with van der Waals surface area (Å²) in [7, 11) is 0. The van der Waals surface area contributed by atoms with E-state index in [1.807, 2.05) is 0 Å². The standard InChI is InChI=1S/C12H8FNO3/c13-9-5-4-7(12(16)17)6-8(9)10-2-1-3-11(15)14-10/h1-6H,(H,14,15)(H,16,17). The summed E-state index contributed by atoms with van der Waals surface area (Å²) >= 11 is 0. The third-order valence-corrected chi connectivity index (χ3v) is 2.27. The molecule has 1 heterocycles. The molecule has 2 rings (SSSR count). The van der Waals surface area contributed by atoms with Crippen molar-refractivity contribution in [1.82, 2.24) is 4.98 Å². The number of carboxylic acids is 1. The zero-order valence-electron chi connectivity index (χ0n) is 8.61. The second-order valence-corrected chi connectivity index (χ2v) is 3.43. The molecule has 1 aromatic heterocycles. The van der Waals surface area contributed by atoms with Crippen LogP contribution < -0.4 is 5.56 Å². The first-order chi connectivity index (χ1) is 8.08. The molecule has 17 heavy (non-hydrogen) atoms. The second kappa shape index (κ2) is 4.21. The first-order valence-electron chi connectivity index (χ1n) is 4.80. The summed E-state index contributed by atoms with van der Waals surface area (Å²) < 4.78 is 13.5. The van der Waals surface area contributed by atoms with Gasteiger partial charge in [-0.1, -0.05) is 6.07 Å². The van der Waals surface area contributed by atoms with Crippen LogP contribution in [-0.2, 0) is 0 Å². The van der Waals surface area contributed by atoms with Crippen LogP contribution in [0.15, 0.2) is 41.2 Å². The van der Waals surface area contributed by atoms with Crippen molar-refractivity contribution in [3.63, 3.8) is 0 Å². The molecule has 0 aliphatic carbocycles. The van der Waals surface area contributed by atoms with E-state index in [1.54, 1.807) is 0 Å². The summed E-state index contributed by atoms with van der Waals surface area (Å²) in [5.41, 5.74) is -0.102. The van der Waals surface area contributed by atoms with E-state index in [-0.39, 0.29) is 22.4 Å². The minimum atomic E-state index is -1.15. The van der Waals surface area contributed by atoms with Gasteiger partial charge in [-0.3, -0.25) is 4.79 Å². The van der Waals surface area contributed by atoms with Gasteiger partial charge in [0.1, 0.15) is 5.82 Å². The van der Waals surface area contributed by atoms with E-state index in [0.29, 0.717) is 0 Å². The molecule has 4 nitrogen and oxygen atoms in total. The topological polar surface area (TPSA) is 70.2 Å². The molecule has 0 saturated carbocycles. The van der Waals surface area contributed by atoms with E-state index in [9.17, 15) is 14.0 Å². The van der Waals surface area contributed by atoms with E-state index in [0.717, 1.165) is 6.07 Å². The Kier molecular flexibility index (Phi) is 2.74. The molecule has 0 radical (unpaired) electrons. The maximum absolute atomic E-state index is 13.5. The van der Waals surface area contributed by atoms with E-state index in [1.165, 1.54) is 30.3 Å². The molecule has 0 unspecified atom stereocenters. The van der Waals surface area contributed by atoms with E-state index in [2.05, 4.69) is 4.98 Å². The van der Waals surface area contributed by atoms with Crippen molar-refractivity contribution in [2.45, 2.75) is 0 Å².